The Morgan fingerprint density at radius 2 is 1.31 bits per heavy atom. The molecule has 0 spiro atoms. The van der Waals surface area contributed by atoms with Crippen molar-refractivity contribution in [3.05, 3.63) is 143 Å². The zero-order valence-corrected chi connectivity index (χ0v) is 33.3. The van der Waals surface area contributed by atoms with Crippen molar-refractivity contribution in [2.75, 3.05) is 29.6 Å². The van der Waals surface area contributed by atoms with Crippen LogP contribution in [0.4, 0.5) is 28.4 Å². The van der Waals surface area contributed by atoms with E-state index < -0.39 is 0 Å². The smallest absolute Gasteiger partial charge is 0.338 e. The number of rotatable bonds is 11. The molecule has 0 bridgehead atoms. The molecule has 0 amide bonds. The van der Waals surface area contributed by atoms with E-state index in [9.17, 15) is 9.59 Å². The molecule has 0 saturated heterocycles. The Bertz CT molecular complexity index is 2690. The first kappa shape index (κ1) is 38.1. The number of aliphatic imine (C=N–C) groups is 1. The Morgan fingerprint density at radius 1 is 0.707 bits per heavy atom. The van der Waals surface area contributed by atoms with E-state index in [0.717, 1.165) is 85.6 Å². The molecule has 1 aliphatic carbocycles. The maximum Gasteiger partial charge on any atom is 0.338 e. The van der Waals surface area contributed by atoms with Crippen molar-refractivity contribution in [3.8, 4) is 5.69 Å². The van der Waals surface area contributed by atoms with Gasteiger partial charge in [-0.05, 0) is 124 Å². The predicted octanol–water partition coefficient (Wildman–Crippen LogP) is 9.19. The first-order chi connectivity index (χ1) is 28.1. The number of nitrogens with two attached hydrogens (primary N) is 2. The lowest BCUT2D eigenvalue weighted by atomic mass is 9.90. The molecule has 4 N–H and O–H groups in total. The molecule has 10 nitrogen and oxygen atoms in total. The fourth-order valence-electron chi connectivity index (χ4n) is 7.74. The lowest BCUT2D eigenvalue weighted by Gasteiger charge is -2.38. The highest BCUT2D eigenvalue weighted by atomic mass is 16.5. The highest BCUT2D eigenvalue weighted by Crippen LogP contribution is 2.44. The van der Waals surface area contributed by atoms with E-state index in [1.54, 1.807) is 0 Å². The molecule has 1 unspecified atom stereocenters. The number of benzene rings is 5. The highest BCUT2D eigenvalue weighted by molar-refractivity contribution is 6.13. The number of unbranched alkanes of at least 4 members (excludes halogenated alkanes) is 3. The average molecular weight is 772 g/mol. The van der Waals surface area contributed by atoms with Gasteiger partial charge in [-0.1, -0.05) is 36.4 Å². The number of carbonyl (C=O) groups excluding carboxylic acids is 2. The number of fused-ring (bicyclic) bond motifs is 4. The second kappa shape index (κ2) is 16.0. The van der Waals surface area contributed by atoms with Gasteiger partial charge in [0, 0.05) is 41.3 Å². The van der Waals surface area contributed by atoms with Gasteiger partial charge < -0.3 is 25.8 Å². The van der Waals surface area contributed by atoms with Crippen LogP contribution >= 0.6 is 0 Å². The summed E-state index contributed by atoms with van der Waals surface area (Å²) in [5, 5.41) is 0. The average Bonchev–Trinajstić information content (AvgIpc) is 3.21. The summed E-state index contributed by atoms with van der Waals surface area (Å²) in [5.74, 6) is -0.732. The van der Waals surface area contributed by atoms with Crippen molar-refractivity contribution in [2.45, 2.75) is 59.4 Å². The molecular formula is C48H47N6O4+. The molecule has 5 aromatic carbocycles. The molecule has 6 aromatic rings. The van der Waals surface area contributed by atoms with Gasteiger partial charge in [0.05, 0.1) is 47.5 Å². The summed E-state index contributed by atoms with van der Waals surface area (Å²) in [7, 11) is 0. The molecule has 292 valence electrons. The number of nitrogens with zero attached hydrogens (tertiary/aromatic N) is 4. The van der Waals surface area contributed by atoms with Crippen molar-refractivity contribution >= 4 is 68.2 Å². The Kier molecular flexibility index (Phi) is 10.5. The molecule has 0 saturated carbocycles. The van der Waals surface area contributed by atoms with Gasteiger partial charge in [0.15, 0.2) is 0 Å². The van der Waals surface area contributed by atoms with Crippen LogP contribution in [0.1, 0.15) is 59.7 Å². The minimum Gasteiger partial charge on any atom is -0.462 e. The maximum absolute atomic E-state index is 13.4. The van der Waals surface area contributed by atoms with Crippen LogP contribution in [0, 0.1) is 20.8 Å². The lowest BCUT2D eigenvalue weighted by molar-refractivity contribution is -0.538. The number of aryl methyl sites for hydroxylation is 3. The van der Waals surface area contributed by atoms with Crippen molar-refractivity contribution < 1.29 is 23.6 Å². The molecule has 0 fully saturated rings. The molecule has 1 aliphatic heterocycles. The topological polar surface area (TPSA) is 137 Å². The molecular weight excluding hydrogens is 725 g/mol. The third-order valence-electron chi connectivity index (χ3n) is 11.0. The molecule has 8 rings (SSSR count). The first-order valence-electron chi connectivity index (χ1n) is 19.8. The minimum atomic E-state index is -0.375. The quantitative estimate of drug-likeness (QED) is 0.0438. The number of anilines is 4. The number of aromatic nitrogens is 2. The SMILES string of the molecule is CC1=CC2=Nc3cc(C)c(N)cc3N(c3ccccc3)C2C=C1C(=O)OCCCCCCOC(=O)c1cc2c(cc1C)nc1cc(C)c(N)cc1[n+]2-c1ccccc1. The van der Waals surface area contributed by atoms with E-state index in [4.69, 9.17) is 30.9 Å². The van der Waals surface area contributed by atoms with Gasteiger partial charge in [-0.2, -0.15) is 0 Å². The molecule has 1 atom stereocenters. The summed E-state index contributed by atoms with van der Waals surface area (Å²) in [6.07, 6.45) is 6.96. The third-order valence-corrected chi connectivity index (χ3v) is 11.0. The Morgan fingerprint density at radius 3 is 2.02 bits per heavy atom. The van der Waals surface area contributed by atoms with Crippen molar-refractivity contribution in [1.82, 2.24) is 4.98 Å². The Labute approximate surface area is 338 Å². The number of esters is 2. The van der Waals surface area contributed by atoms with Crippen LogP contribution in [-0.2, 0) is 14.3 Å². The van der Waals surface area contributed by atoms with Gasteiger partial charge in [-0.15, -0.1) is 4.57 Å². The number of nitrogen functional groups attached to an aromatic ring is 2. The van der Waals surface area contributed by atoms with E-state index in [2.05, 4.69) is 9.47 Å². The summed E-state index contributed by atoms with van der Waals surface area (Å²) in [4.78, 5) is 39.0. The van der Waals surface area contributed by atoms with E-state index in [1.807, 2.05) is 137 Å². The summed E-state index contributed by atoms with van der Waals surface area (Å²) >= 11 is 0. The van der Waals surface area contributed by atoms with Crippen molar-refractivity contribution in [3.63, 3.8) is 0 Å². The highest BCUT2D eigenvalue weighted by Gasteiger charge is 2.34. The number of ether oxygens (including phenoxy) is 2. The van der Waals surface area contributed by atoms with Crippen LogP contribution in [0.25, 0.3) is 27.8 Å². The van der Waals surface area contributed by atoms with Crippen LogP contribution in [0.2, 0.25) is 0 Å². The molecule has 2 heterocycles. The molecule has 2 aliphatic rings. The van der Waals surface area contributed by atoms with Crippen LogP contribution in [0.3, 0.4) is 0 Å². The zero-order valence-electron chi connectivity index (χ0n) is 33.3. The summed E-state index contributed by atoms with van der Waals surface area (Å²) in [6.45, 7) is 8.35. The largest absolute Gasteiger partial charge is 0.462 e. The number of hydrogen-bond acceptors (Lipinski definition) is 9. The fourth-order valence-corrected chi connectivity index (χ4v) is 7.74. The number of para-hydroxylation sites is 2. The van der Waals surface area contributed by atoms with Crippen LogP contribution in [0.15, 0.2) is 125 Å². The summed E-state index contributed by atoms with van der Waals surface area (Å²) in [6, 6.07) is 31.4. The van der Waals surface area contributed by atoms with E-state index in [0.29, 0.717) is 42.0 Å². The van der Waals surface area contributed by atoms with E-state index >= 15 is 0 Å². The number of carbonyl (C=O) groups is 2. The van der Waals surface area contributed by atoms with E-state index in [1.165, 1.54) is 0 Å². The second-order valence-corrected chi connectivity index (χ2v) is 15.1. The maximum atomic E-state index is 13.4. The molecule has 10 heteroatoms. The van der Waals surface area contributed by atoms with Crippen LogP contribution in [-0.4, -0.2) is 41.9 Å². The van der Waals surface area contributed by atoms with Gasteiger partial charge >= 0.3 is 11.9 Å². The van der Waals surface area contributed by atoms with Gasteiger partial charge in [0.2, 0.25) is 16.7 Å². The second-order valence-electron chi connectivity index (χ2n) is 15.1. The molecule has 0 radical (unpaired) electrons. The standard InChI is InChI=1S/C48H46N6O4/c1-29-21-39-43(53(33-15-9-7-10-16-33)45-27-37(49)31(3)23-41(45)51-39)25-35(29)47(55)57-19-13-5-6-14-20-58-48(56)36-26-44-40(22-30(36)2)52-42-24-32(4)38(50)28-46(42)54(44)34-17-11-8-12-18-34/h7-12,15-18,21-28,43,50H,5-6,13-14,19-20,49H2,1-4H3/p+1. The fraction of sp³-hybridized carbons (Fsp3) is 0.229. The van der Waals surface area contributed by atoms with Gasteiger partial charge in [0.1, 0.15) is 11.0 Å². The predicted molar refractivity (Wildman–Crippen MR) is 231 cm³/mol. The Balaban J connectivity index is 0.874. The summed E-state index contributed by atoms with van der Waals surface area (Å²) in [5.41, 5.74) is 26.3. The lowest BCUT2D eigenvalue weighted by Crippen LogP contribution is -2.40. The van der Waals surface area contributed by atoms with Crippen molar-refractivity contribution in [2.24, 2.45) is 4.99 Å². The minimum absolute atomic E-state index is 0.287. The van der Waals surface area contributed by atoms with E-state index in [-0.39, 0.29) is 24.6 Å². The number of hydrogen-bond donors (Lipinski definition) is 2. The molecule has 1 aromatic heterocycles. The van der Waals surface area contributed by atoms with Gasteiger partial charge in [-0.3, -0.25) is 0 Å². The zero-order chi connectivity index (χ0) is 40.5. The monoisotopic (exact) mass is 771 g/mol. The van der Waals surface area contributed by atoms with Gasteiger partial charge in [-0.25, -0.2) is 19.6 Å². The normalized spacial score (nSPS) is 14.7. The van der Waals surface area contributed by atoms with Crippen LogP contribution < -0.4 is 20.9 Å². The third kappa shape index (κ3) is 7.41. The molecule has 58 heavy (non-hydrogen) atoms. The van der Waals surface area contributed by atoms with Crippen LogP contribution in [0.5, 0.6) is 0 Å². The van der Waals surface area contributed by atoms with Gasteiger partial charge in [0.25, 0.3) is 0 Å². The first-order valence-corrected chi connectivity index (χ1v) is 19.8. The Hall–Kier alpha value is -6.81. The van der Waals surface area contributed by atoms with Crippen molar-refractivity contribution in [1.29, 1.82) is 0 Å². The summed E-state index contributed by atoms with van der Waals surface area (Å²) < 4.78 is 13.6.